The maximum absolute atomic E-state index is 13.5. The van der Waals surface area contributed by atoms with Crippen molar-refractivity contribution in [2.45, 2.75) is 6.18 Å². The van der Waals surface area contributed by atoms with Crippen LogP contribution >= 0.6 is 0 Å². The Morgan fingerprint density at radius 1 is 0.730 bits per heavy atom. The Labute approximate surface area is 207 Å². The van der Waals surface area contributed by atoms with Gasteiger partial charge >= 0.3 is 12.1 Å². The van der Waals surface area contributed by atoms with Gasteiger partial charge in [-0.2, -0.15) is 13.2 Å². The molecule has 0 unspecified atom stereocenters. The normalized spacial score (nSPS) is 13.1. The Morgan fingerprint density at radius 3 is 2.14 bits per heavy atom. The second-order valence-corrected chi connectivity index (χ2v) is 8.28. The lowest BCUT2D eigenvalue weighted by Crippen LogP contribution is -2.31. The van der Waals surface area contributed by atoms with Crippen molar-refractivity contribution >= 4 is 40.0 Å². The molecule has 0 N–H and O–H groups in total. The van der Waals surface area contributed by atoms with Gasteiger partial charge in [-0.25, -0.2) is 9.69 Å². The number of amides is 2. The van der Waals surface area contributed by atoms with E-state index in [9.17, 15) is 32.3 Å². The Bertz CT molecular complexity index is 1610. The molecule has 1 aliphatic rings. The number of carbonyl (C=O) groups excluding carboxylic acids is 4. The SMILES string of the molecule is O=C(COC(=O)c1ccc2c(c1)C(=O)N(c1ccccc1C(F)(F)F)C2=O)c1ccc2ccccc2c1. The fraction of sp³-hybridized carbons (Fsp3) is 0.0714. The van der Waals surface area contributed by atoms with E-state index in [0.29, 0.717) is 10.5 Å². The number of anilines is 1. The zero-order chi connectivity index (χ0) is 26.3. The maximum Gasteiger partial charge on any atom is 0.418 e. The smallest absolute Gasteiger partial charge is 0.418 e. The monoisotopic (exact) mass is 503 g/mol. The number of fused-ring (bicyclic) bond motifs is 2. The number of benzene rings is 4. The topological polar surface area (TPSA) is 80.8 Å². The number of ketones is 1. The highest BCUT2D eigenvalue weighted by atomic mass is 19.4. The van der Waals surface area contributed by atoms with Gasteiger partial charge in [-0.05, 0) is 47.2 Å². The molecular weight excluding hydrogens is 487 g/mol. The number of Topliss-reactive ketones (excluding diaryl/α,β-unsaturated/α-hetero) is 1. The van der Waals surface area contributed by atoms with Crippen LogP contribution in [0.25, 0.3) is 10.8 Å². The minimum absolute atomic E-state index is 0.128. The third kappa shape index (κ3) is 4.35. The number of nitrogens with zero attached hydrogens (tertiary/aromatic N) is 1. The Kier molecular flexibility index (Phi) is 5.83. The number of hydrogen-bond acceptors (Lipinski definition) is 5. The van der Waals surface area contributed by atoms with Crippen LogP contribution in [0, 0.1) is 0 Å². The average molecular weight is 503 g/mol. The summed E-state index contributed by atoms with van der Waals surface area (Å²) in [6.07, 6.45) is -4.79. The van der Waals surface area contributed by atoms with Gasteiger partial charge in [0.05, 0.1) is 27.9 Å². The highest BCUT2D eigenvalue weighted by Crippen LogP contribution is 2.39. The Morgan fingerprint density at radius 2 is 1.38 bits per heavy atom. The lowest BCUT2D eigenvalue weighted by Gasteiger charge is -2.19. The Balaban J connectivity index is 1.34. The summed E-state index contributed by atoms with van der Waals surface area (Å²) in [6.45, 7) is -0.563. The van der Waals surface area contributed by atoms with Crippen LogP contribution in [0.5, 0.6) is 0 Å². The van der Waals surface area contributed by atoms with Crippen LogP contribution in [-0.2, 0) is 10.9 Å². The first-order valence-corrected chi connectivity index (χ1v) is 11.0. The molecule has 9 heteroatoms. The van der Waals surface area contributed by atoms with E-state index in [4.69, 9.17) is 4.74 Å². The first-order chi connectivity index (χ1) is 17.6. The molecule has 1 heterocycles. The molecule has 0 aromatic heterocycles. The molecule has 4 aromatic carbocycles. The van der Waals surface area contributed by atoms with Crippen molar-refractivity contribution in [1.29, 1.82) is 0 Å². The van der Waals surface area contributed by atoms with Gasteiger partial charge in [0.25, 0.3) is 11.8 Å². The maximum atomic E-state index is 13.5. The van der Waals surface area contributed by atoms with Crippen molar-refractivity contribution in [3.8, 4) is 0 Å². The quantitative estimate of drug-likeness (QED) is 0.198. The fourth-order valence-corrected chi connectivity index (χ4v) is 4.16. The molecule has 184 valence electrons. The molecule has 2 amide bonds. The highest BCUT2D eigenvalue weighted by molar-refractivity contribution is 6.35. The second kappa shape index (κ2) is 9.02. The summed E-state index contributed by atoms with van der Waals surface area (Å²) in [4.78, 5) is 51.3. The summed E-state index contributed by atoms with van der Waals surface area (Å²) in [7, 11) is 0. The molecule has 0 saturated carbocycles. The summed E-state index contributed by atoms with van der Waals surface area (Å²) < 4.78 is 45.5. The van der Waals surface area contributed by atoms with E-state index in [-0.39, 0.29) is 16.7 Å². The largest absolute Gasteiger partial charge is 0.454 e. The van der Waals surface area contributed by atoms with E-state index in [1.54, 1.807) is 18.2 Å². The zero-order valence-electron chi connectivity index (χ0n) is 18.9. The van der Waals surface area contributed by atoms with Crippen molar-refractivity contribution in [2.75, 3.05) is 11.5 Å². The van der Waals surface area contributed by atoms with E-state index >= 15 is 0 Å². The second-order valence-electron chi connectivity index (χ2n) is 8.28. The number of para-hydroxylation sites is 1. The van der Waals surface area contributed by atoms with Gasteiger partial charge in [0, 0.05) is 5.56 Å². The molecule has 37 heavy (non-hydrogen) atoms. The number of halogens is 3. The lowest BCUT2D eigenvalue weighted by molar-refractivity contribution is -0.137. The van der Waals surface area contributed by atoms with Crippen LogP contribution in [-0.4, -0.2) is 30.2 Å². The first-order valence-electron chi connectivity index (χ1n) is 11.0. The van der Waals surface area contributed by atoms with Crippen molar-refractivity contribution in [1.82, 2.24) is 0 Å². The minimum atomic E-state index is -4.79. The van der Waals surface area contributed by atoms with Gasteiger partial charge in [0.2, 0.25) is 0 Å². The molecule has 0 saturated heterocycles. The molecule has 4 aromatic rings. The van der Waals surface area contributed by atoms with Crippen molar-refractivity contribution in [3.63, 3.8) is 0 Å². The fourth-order valence-electron chi connectivity index (χ4n) is 4.16. The number of hydrogen-bond donors (Lipinski definition) is 0. The molecule has 0 atom stereocenters. The predicted octanol–water partition coefficient (Wildman–Crippen LogP) is 5.70. The van der Waals surface area contributed by atoms with E-state index < -0.39 is 47.6 Å². The van der Waals surface area contributed by atoms with Crippen LogP contribution < -0.4 is 4.90 Å². The third-order valence-electron chi connectivity index (χ3n) is 5.98. The van der Waals surface area contributed by atoms with E-state index in [2.05, 4.69) is 0 Å². The number of rotatable bonds is 5. The van der Waals surface area contributed by atoms with Crippen molar-refractivity contribution in [3.05, 3.63) is 113 Å². The standard InChI is InChI=1S/C28H16F3NO5/c29-28(30,31)22-7-3-4-8-23(22)32-25(34)20-12-11-19(14-21(20)26(32)35)27(36)37-15-24(33)18-10-9-16-5-1-2-6-17(16)13-18/h1-14H,15H2. The summed E-state index contributed by atoms with van der Waals surface area (Å²) >= 11 is 0. The molecule has 6 nitrogen and oxygen atoms in total. The van der Waals surface area contributed by atoms with Crippen LogP contribution in [0.4, 0.5) is 18.9 Å². The summed E-state index contributed by atoms with van der Waals surface area (Å²) in [5.41, 5.74) is -1.91. The molecule has 0 bridgehead atoms. The Hall–Kier alpha value is -4.79. The van der Waals surface area contributed by atoms with E-state index in [0.717, 1.165) is 35.0 Å². The van der Waals surface area contributed by atoms with Crippen molar-refractivity contribution in [2.24, 2.45) is 0 Å². The van der Waals surface area contributed by atoms with E-state index in [1.807, 2.05) is 24.3 Å². The van der Waals surface area contributed by atoms with Gasteiger partial charge in [-0.1, -0.05) is 48.5 Å². The minimum Gasteiger partial charge on any atom is -0.454 e. The number of alkyl halides is 3. The lowest BCUT2D eigenvalue weighted by atomic mass is 10.0. The molecule has 0 radical (unpaired) electrons. The highest BCUT2D eigenvalue weighted by Gasteiger charge is 2.42. The van der Waals surface area contributed by atoms with Gasteiger partial charge in [-0.15, -0.1) is 0 Å². The van der Waals surface area contributed by atoms with Gasteiger partial charge < -0.3 is 4.74 Å². The number of ether oxygens (including phenoxy) is 1. The van der Waals surface area contributed by atoms with E-state index in [1.165, 1.54) is 18.2 Å². The van der Waals surface area contributed by atoms with Gasteiger partial charge in [0.1, 0.15) is 0 Å². The van der Waals surface area contributed by atoms with Gasteiger partial charge in [-0.3, -0.25) is 14.4 Å². The summed E-state index contributed by atoms with van der Waals surface area (Å²) in [6, 6.07) is 20.2. The summed E-state index contributed by atoms with van der Waals surface area (Å²) in [5, 5.41) is 1.79. The van der Waals surface area contributed by atoms with Gasteiger partial charge in [0.15, 0.2) is 12.4 Å². The zero-order valence-corrected chi connectivity index (χ0v) is 18.9. The molecule has 1 aliphatic heterocycles. The summed E-state index contributed by atoms with van der Waals surface area (Å²) in [5.74, 6) is -3.31. The molecule has 5 rings (SSSR count). The van der Waals surface area contributed by atoms with Crippen LogP contribution in [0.3, 0.4) is 0 Å². The molecule has 0 spiro atoms. The predicted molar refractivity (Wildman–Crippen MR) is 128 cm³/mol. The van der Waals surface area contributed by atoms with Crippen LogP contribution in [0.1, 0.15) is 47.0 Å². The average Bonchev–Trinajstić information content (AvgIpc) is 3.15. The number of esters is 1. The van der Waals surface area contributed by atoms with Crippen LogP contribution in [0.15, 0.2) is 84.9 Å². The third-order valence-corrected chi connectivity index (χ3v) is 5.98. The number of imide groups is 1. The molecular formula is C28H16F3NO5. The number of carbonyl (C=O) groups is 4. The molecule has 0 aliphatic carbocycles. The molecule has 0 fully saturated rings. The van der Waals surface area contributed by atoms with Crippen LogP contribution in [0.2, 0.25) is 0 Å². The first kappa shape index (κ1) is 23.9. The van der Waals surface area contributed by atoms with Crippen molar-refractivity contribution < 1.29 is 37.1 Å².